The zero-order chi connectivity index (χ0) is 13.0. The van der Waals surface area contributed by atoms with Gasteiger partial charge in [0.25, 0.3) is 5.91 Å². The largest absolute Gasteiger partial charge is 0.399 e. The van der Waals surface area contributed by atoms with Crippen LogP contribution in [0.4, 0.5) is 5.69 Å². The average Bonchev–Trinajstić information content (AvgIpc) is 2.77. The Hall–Kier alpha value is -2.23. The summed E-state index contributed by atoms with van der Waals surface area (Å²) in [6.07, 6.45) is 5.37. The van der Waals surface area contributed by atoms with Crippen molar-refractivity contribution in [2.24, 2.45) is 0 Å². The quantitative estimate of drug-likeness (QED) is 0.429. The van der Waals surface area contributed by atoms with E-state index in [1.54, 1.807) is 6.20 Å². The number of rotatable bonds is 5. The Balaban J connectivity index is 2.12. The number of benzene rings is 1. The van der Waals surface area contributed by atoms with E-state index in [1.165, 1.54) is 0 Å². The number of hydrogen-bond acceptors (Lipinski definition) is 2. The van der Waals surface area contributed by atoms with Gasteiger partial charge < -0.3 is 16.0 Å². The molecule has 0 radical (unpaired) electrons. The lowest BCUT2D eigenvalue weighted by atomic mass is 10.1. The Morgan fingerprint density at radius 1 is 1.50 bits per heavy atom. The maximum absolute atomic E-state index is 12.0. The highest BCUT2D eigenvalue weighted by molar-refractivity contribution is 6.07. The first-order valence-electron chi connectivity index (χ1n) is 5.98. The van der Waals surface area contributed by atoms with Crippen LogP contribution in [0.25, 0.3) is 10.9 Å². The molecule has 0 unspecified atom stereocenters. The van der Waals surface area contributed by atoms with Gasteiger partial charge in [-0.3, -0.25) is 4.79 Å². The predicted octanol–water partition coefficient (Wildman–Crippen LogP) is 2.45. The highest BCUT2D eigenvalue weighted by Crippen LogP contribution is 2.20. The Bertz CT molecular complexity index is 571. The molecule has 1 amide bonds. The third-order valence-electron chi connectivity index (χ3n) is 2.82. The monoisotopic (exact) mass is 243 g/mol. The van der Waals surface area contributed by atoms with Crippen LogP contribution >= 0.6 is 0 Å². The SMILES string of the molecule is C=CCCCNC(=O)c1c[nH]c2ccc(N)cc12. The number of anilines is 1. The number of aromatic nitrogens is 1. The summed E-state index contributed by atoms with van der Waals surface area (Å²) in [6.45, 7) is 4.30. The van der Waals surface area contributed by atoms with Crippen molar-refractivity contribution >= 4 is 22.5 Å². The number of H-pyrrole nitrogens is 1. The van der Waals surface area contributed by atoms with Crippen molar-refractivity contribution in [3.63, 3.8) is 0 Å². The van der Waals surface area contributed by atoms with E-state index in [0.29, 0.717) is 17.8 Å². The maximum Gasteiger partial charge on any atom is 0.253 e. The molecule has 18 heavy (non-hydrogen) atoms. The topological polar surface area (TPSA) is 70.9 Å². The molecule has 1 aromatic carbocycles. The number of aromatic amines is 1. The van der Waals surface area contributed by atoms with E-state index in [0.717, 1.165) is 23.7 Å². The molecule has 0 aliphatic carbocycles. The molecule has 2 rings (SSSR count). The second kappa shape index (κ2) is 5.40. The van der Waals surface area contributed by atoms with Crippen molar-refractivity contribution < 1.29 is 4.79 Å². The molecule has 0 aliphatic rings. The smallest absolute Gasteiger partial charge is 0.253 e. The van der Waals surface area contributed by atoms with Crippen LogP contribution < -0.4 is 11.1 Å². The van der Waals surface area contributed by atoms with Crippen LogP contribution in [-0.4, -0.2) is 17.4 Å². The molecular formula is C14H17N3O. The van der Waals surface area contributed by atoms with Gasteiger partial charge in [0, 0.05) is 29.3 Å². The molecule has 0 saturated heterocycles. The van der Waals surface area contributed by atoms with E-state index < -0.39 is 0 Å². The molecule has 1 aromatic heterocycles. The van der Waals surface area contributed by atoms with E-state index in [4.69, 9.17) is 5.73 Å². The number of hydrogen-bond donors (Lipinski definition) is 3. The minimum atomic E-state index is -0.0732. The van der Waals surface area contributed by atoms with Gasteiger partial charge >= 0.3 is 0 Å². The normalized spacial score (nSPS) is 10.4. The lowest BCUT2D eigenvalue weighted by Gasteiger charge is -2.03. The van der Waals surface area contributed by atoms with E-state index in [1.807, 2.05) is 24.3 Å². The molecular weight excluding hydrogens is 226 g/mol. The Kier molecular flexibility index (Phi) is 3.67. The molecule has 4 heteroatoms. The van der Waals surface area contributed by atoms with Crippen LogP contribution in [-0.2, 0) is 0 Å². The second-order valence-corrected chi connectivity index (χ2v) is 4.19. The van der Waals surface area contributed by atoms with Gasteiger partial charge in [-0.05, 0) is 31.0 Å². The second-order valence-electron chi connectivity index (χ2n) is 4.19. The van der Waals surface area contributed by atoms with Gasteiger partial charge in [0.1, 0.15) is 0 Å². The minimum Gasteiger partial charge on any atom is -0.399 e. The van der Waals surface area contributed by atoms with Gasteiger partial charge in [-0.1, -0.05) is 6.08 Å². The van der Waals surface area contributed by atoms with Crippen LogP contribution in [0.2, 0.25) is 0 Å². The number of allylic oxidation sites excluding steroid dienone is 1. The summed E-state index contributed by atoms with van der Waals surface area (Å²) in [5.41, 5.74) is 7.94. The predicted molar refractivity (Wildman–Crippen MR) is 74.5 cm³/mol. The minimum absolute atomic E-state index is 0.0732. The first-order valence-corrected chi connectivity index (χ1v) is 5.98. The van der Waals surface area contributed by atoms with E-state index in [9.17, 15) is 4.79 Å². The number of nitrogens with one attached hydrogen (secondary N) is 2. The van der Waals surface area contributed by atoms with Crippen molar-refractivity contribution in [1.29, 1.82) is 0 Å². The number of fused-ring (bicyclic) bond motifs is 1. The third-order valence-corrected chi connectivity index (χ3v) is 2.82. The van der Waals surface area contributed by atoms with Crippen molar-refractivity contribution in [3.05, 3.63) is 42.6 Å². The number of nitrogen functional groups attached to an aromatic ring is 1. The molecule has 0 fully saturated rings. The standard InChI is InChI=1S/C14H17N3O/c1-2-3-4-7-16-14(18)12-9-17-13-6-5-10(15)8-11(12)13/h2,5-6,8-9,17H,1,3-4,7,15H2,(H,16,18). The van der Waals surface area contributed by atoms with Crippen molar-refractivity contribution in [2.45, 2.75) is 12.8 Å². The fourth-order valence-electron chi connectivity index (χ4n) is 1.87. The van der Waals surface area contributed by atoms with Crippen LogP contribution in [0.1, 0.15) is 23.2 Å². The number of carbonyl (C=O) groups is 1. The van der Waals surface area contributed by atoms with Gasteiger partial charge in [0.15, 0.2) is 0 Å². The van der Waals surface area contributed by atoms with Crippen LogP contribution in [0.3, 0.4) is 0 Å². The summed E-state index contributed by atoms with van der Waals surface area (Å²) in [4.78, 5) is 15.1. The molecule has 0 spiro atoms. The van der Waals surface area contributed by atoms with Gasteiger partial charge in [-0.2, -0.15) is 0 Å². The van der Waals surface area contributed by atoms with Crippen molar-refractivity contribution in [3.8, 4) is 0 Å². The summed E-state index contributed by atoms with van der Waals surface area (Å²) < 4.78 is 0. The highest BCUT2D eigenvalue weighted by Gasteiger charge is 2.11. The molecule has 0 bridgehead atoms. The van der Waals surface area contributed by atoms with Crippen molar-refractivity contribution in [1.82, 2.24) is 10.3 Å². The molecule has 0 aliphatic heterocycles. The summed E-state index contributed by atoms with van der Waals surface area (Å²) in [7, 11) is 0. The molecule has 4 N–H and O–H groups in total. The molecule has 0 saturated carbocycles. The summed E-state index contributed by atoms with van der Waals surface area (Å²) in [5.74, 6) is -0.0732. The highest BCUT2D eigenvalue weighted by atomic mass is 16.1. The molecule has 2 aromatic rings. The fraction of sp³-hybridized carbons (Fsp3) is 0.214. The first-order chi connectivity index (χ1) is 8.72. The zero-order valence-electron chi connectivity index (χ0n) is 10.2. The molecule has 4 nitrogen and oxygen atoms in total. The Morgan fingerprint density at radius 3 is 3.11 bits per heavy atom. The maximum atomic E-state index is 12.0. The lowest BCUT2D eigenvalue weighted by molar-refractivity contribution is 0.0955. The molecule has 0 atom stereocenters. The summed E-state index contributed by atoms with van der Waals surface area (Å²) in [6, 6.07) is 5.49. The summed E-state index contributed by atoms with van der Waals surface area (Å²) >= 11 is 0. The van der Waals surface area contributed by atoms with E-state index >= 15 is 0 Å². The number of unbranched alkanes of at least 4 members (excludes halogenated alkanes) is 1. The summed E-state index contributed by atoms with van der Waals surface area (Å²) in [5, 5.41) is 3.74. The zero-order valence-corrected chi connectivity index (χ0v) is 10.2. The van der Waals surface area contributed by atoms with Crippen LogP contribution in [0.5, 0.6) is 0 Å². The number of amides is 1. The Morgan fingerprint density at radius 2 is 2.33 bits per heavy atom. The van der Waals surface area contributed by atoms with Gasteiger partial charge in [-0.15, -0.1) is 6.58 Å². The van der Waals surface area contributed by atoms with E-state index in [2.05, 4.69) is 16.9 Å². The van der Waals surface area contributed by atoms with Gasteiger partial charge in [0.2, 0.25) is 0 Å². The Labute approximate surface area is 106 Å². The molecule has 1 heterocycles. The van der Waals surface area contributed by atoms with Crippen LogP contribution in [0.15, 0.2) is 37.1 Å². The third kappa shape index (κ3) is 2.53. The first kappa shape index (κ1) is 12.2. The van der Waals surface area contributed by atoms with Gasteiger partial charge in [0.05, 0.1) is 5.56 Å². The number of carbonyl (C=O) groups excluding carboxylic acids is 1. The number of nitrogens with two attached hydrogens (primary N) is 1. The van der Waals surface area contributed by atoms with E-state index in [-0.39, 0.29) is 5.91 Å². The van der Waals surface area contributed by atoms with Gasteiger partial charge in [-0.25, -0.2) is 0 Å². The lowest BCUT2D eigenvalue weighted by Crippen LogP contribution is -2.24. The average molecular weight is 243 g/mol. The fourth-order valence-corrected chi connectivity index (χ4v) is 1.87. The molecule has 94 valence electrons. The van der Waals surface area contributed by atoms with Crippen LogP contribution in [0, 0.1) is 0 Å². The van der Waals surface area contributed by atoms with Crippen molar-refractivity contribution in [2.75, 3.05) is 12.3 Å².